The summed E-state index contributed by atoms with van der Waals surface area (Å²) >= 11 is 0. The standard InChI is InChI=1S/C11H16O6S/c1-14-9-5-8(7-17-18(4,12)13)6-10(15-2)11(9)16-3/h5-6H,7H2,1-4H3. The molecule has 0 aliphatic rings. The van der Waals surface area contributed by atoms with Crippen LogP contribution in [0.25, 0.3) is 0 Å². The molecule has 0 fully saturated rings. The average molecular weight is 276 g/mol. The fourth-order valence-corrected chi connectivity index (χ4v) is 1.74. The highest BCUT2D eigenvalue weighted by atomic mass is 32.2. The molecule has 0 bridgehead atoms. The monoisotopic (exact) mass is 276 g/mol. The fourth-order valence-electron chi connectivity index (χ4n) is 1.39. The second kappa shape index (κ2) is 5.92. The van der Waals surface area contributed by atoms with E-state index in [4.69, 9.17) is 18.4 Å². The molecular weight excluding hydrogens is 260 g/mol. The van der Waals surface area contributed by atoms with Gasteiger partial charge >= 0.3 is 0 Å². The van der Waals surface area contributed by atoms with Crippen LogP contribution in [0.15, 0.2) is 12.1 Å². The van der Waals surface area contributed by atoms with Gasteiger partial charge in [-0.15, -0.1) is 0 Å². The van der Waals surface area contributed by atoms with Crippen molar-refractivity contribution in [2.75, 3.05) is 27.6 Å². The summed E-state index contributed by atoms with van der Waals surface area (Å²) in [5, 5.41) is 0. The molecule has 0 heterocycles. The second-order valence-electron chi connectivity index (χ2n) is 3.50. The Morgan fingerprint density at radius 2 is 1.50 bits per heavy atom. The molecule has 0 N–H and O–H groups in total. The van der Waals surface area contributed by atoms with Crippen molar-refractivity contribution in [2.24, 2.45) is 0 Å². The van der Waals surface area contributed by atoms with Crippen molar-refractivity contribution in [3.63, 3.8) is 0 Å². The van der Waals surface area contributed by atoms with Crippen LogP contribution in [-0.2, 0) is 20.9 Å². The molecule has 7 heteroatoms. The van der Waals surface area contributed by atoms with Gasteiger partial charge < -0.3 is 14.2 Å². The quantitative estimate of drug-likeness (QED) is 0.727. The van der Waals surface area contributed by atoms with Crippen LogP contribution in [0.4, 0.5) is 0 Å². The normalized spacial score (nSPS) is 11.1. The molecule has 1 aromatic rings. The average Bonchev–Trinajstić information content (AvgIpc) is 2.33. The lowest BCUT2D eigenvalue weighted by Crippen LogP contribution is -2.04. The minimum Gasteiger partial charge on any atom is -0.493 e. The minimum absolute atomic E-state index is 0.0878. The summed E-state index contributed by atoms with van der Waals surface area (Å²) in [6.07, 6.45) is 0.991. The number of rotatable bonds is 6. The first-order valence-electron chi connectivity index (χ1n) is 5.04. The van der Waals surface area contributed by atoms with E-state index in [-0.39, 0.29) is 6.61 Å². The van der Waals surface area contributed by atoms with E-state index in [2.05, 4.69) is 0 Å². The Bertz CT molecular complexity index is 483. The zero-order valence-corrected chi connectivity index (χ0v) is 11.5. The lowest BCUT2D eigenvalue weighted by atomic mass is 10.2. The summed E-state index contributed by atoms with van der Waals surface area (Å²) in [6, 6.07) is 3.26. The largest absolute Gasteiger partial charge is 0.493 e. The molecule has 0 saturated heterocycles. The molecule has 0 saturated carbocycles. The van der Waals surface area contributed by atoms with Gasteiger partial charge in [-0.3, -0.25) is 4.18 Å². The third-order valence-corrected chi connectivity index (χ3v) is 2.71. The first-order valence-corrected chi connectivity index (χ1v) is 6.86. The topological polar surface area (TPSA) is 71.1 Å². The molecular formula is C11H16O6S. The lowest BCUT2D eigenvalue weighted by Gasteiger charge is -2.13. The maximum atomic E-state index is 10.9. The number of benzene rings is 1. The number of ether oxygens (including phenoxy) is 3. The van der Waals surface area contributed by atoms with Crippen LogP contribution in [0.2, 0.25) is 0 Å². The molecule has 0 spiro atoms. The molecule has 18 heavy (non-hydrogen) atoms. The molecule has 0 radical (unpaired) electrons. The Morgan fingerprint density at radius 3 is 1.83 bits per heavy atom. The summed E-state index contributed by atoms with van der Waals surface area (Å²) in [6.45, 7) is -0.0878. The van der Waals surface area contributed by atoms with Gasteiger partial charge in [-0.1, -0.05) is 0 Å². The Kier molecular flexibility index (Phi) is 4.80. The maximum Gasteiger partial charge on any atom is 0.264 e. The predicted octanol–water partition coefficient (Wildman–Crippen LogP) is 1.19. The lowest BCUT2D eigenvalue weighted by molar-refractivity contribution is 0.303. The maximum absolute atomic E-state index is 10.9. The van der Waals surface area contributed by atoms with Crippen molar-refractivity contribution in [2.45, 2.75) is 6.61 Å². The van der Waals surface area contributed by atoms with Crippen molar-refractivity contribution in [3.05, 3.63) is 17.7 Å². The van der Waals surface area contributed by atoms with E-state index in [0.29, 0.717) is 22.8 Å². The van der Waals surface area contributed by atoms with E-state index in [1.807, 2.05) is 0 Å². The molecule has 1 aromatic carbocycles. The summed E-state index contributed by atoms with van der Waals surface area (Å²) in [5.74, 6) is 1.34. The molecule has 6 nitrogen and oxygen atoms in total. The molecule has 1 rings (SSSR count). The van der Waals surface area contributed by atoms with Crippen LogP contribution >= 0.6 is 0 Å². The van der Waals surface area contributed by atoms with Crippen molar-refractivity contribution < 1.29 is 26.8 Å². The van der Waals surface area contributed by atoms with Crippen LogP contribution in [-0.4, -0.2) is 36.0 Å². The van der Waals surface area contributed by atoms with Crippen LogP contribution in [0.5, 0.6) is 17.2 Å². The highest BCUT2D eigenvalue weighted by Gasteiger charge is 2.14. The summed E-state index contributed by atoms with van der Waals surface area (Å²) in [5.41, 5.74) is 0.606. The van der Waals surface area contributed by atoms with Crippen molar-refractivity contribution in [3.8, 4) is 17.2 Å². The van der Waals surface area contributed by atoms with Gasteiger partial charge in [0.25, 0.3) is 10.1 Å². The van der Waals surface area contributed by atoms with Gasteiger partial charge in [0.15, 0.2) is 11.5 Å². The van der Waals surface area contributed by atoms with Gasteiger partial charge in [-0.25, -0.2) is 0 Å². The van der Waals surface area contributed by atoms with Crippen LogP contribution in [0.1, 0.15) is 5.56 Å². The highest BCUT2D eigenvalue weighted by Crippen LogP contribution is 2.38. The van der Waals surface area contributed by atoms with Gasteiger partial charge in [0, 0.05) is 0 Å². The summed E-state index contributed by atoms with van der Waals surface area (Å²) < 4.78 is 42.0. The fraction of sp³-hybridized carbons (Fsp3) is 0.455. The SMILES string of the molecule is COc1cc(COS(C)(=O)=O)cc(OC)c1OC. The molecule has 0 unspecified atom stereocenters. The van der Waals surface area contributed by atoms with Crippen LogP contribution < -0.4 is 14.2 Å². The van der Waals surface area contributed by atoms with E-state index in [0.717, 1.165) is 6.26 Å². The zero-order valence-electron chi connectivity index (χ0n) is 10.7. The summed E-state index contributed by atoms with van der Waals surface area (Å²) in [4.78, 5) is 0. The number of methoxy groups -OCH3 is 3. The van der Waals surface area contributed by atoms with E-state index in [1.54, 1.807) is 12.1 Å². The van der Waals surface area contributed by atoms with E-state index < -0.39 is 10.1 Å². The van der Waals surface area contributed by atoms with E-state index in [1.165, 1.54) is 21.3 Å². The van der Waals surface area contributed by atoms with Crippen molar-refractivity contribution in [1.29, 1.82) is 0 Å². The van der Waals surface area contributed by atoms with Crippen LogP contribution in [0, 0.1) is 0 Å². The molecule has 0 aromatic heterocycles. The van der Waals surface area contributed by atoms with Gasteiger partial charge in [0.1, 0.15) is 0 Å². The predicted molar refractivity (Wildman–Crippen MR) is 65.7 cm³/mol. The third-order valence-electron chi connectivity index (χ3n) is 2.16. The molecule has 0 amide bonds. The van der Waals surface area contributed by atoms with E-state index in [9.17, 15) is 8.42 Å². The van der Waals surface area contributed by atoms with Gasteiger partial charge in [-0.2, -0.15) is 8.42 Å². The Morgan fingerprint density at radius 1 is 1.00 bits per heavy atom. The van der Waals surface area contributed by atoms with E-state index >= 15 is 0 Å². The first-order chi connectivity index (χ1) is 8.41. The Balaban J connectivity index is 3.07. The Labute approximate surface area is 107 Å². The smallest absolute Gasteiger partial charge is 0.264 e. The molecule has 0 aliphatic carbocycles. The van der Waals surface area contributed by atoms with Crippen molar-refractivity contribution >= 4 is 10.1 Å². The van der Waals surface area contributed by atoms with Gasteiger partial charge in [-0.05, 0) is 17.7 Å². The Hall–Kier alpha value is -1.47. The summed E-state index contributed by atoms with van der Waals surface area (Å²) in [7, 11) is 0.972. The second-order valence-corrected chi connectivity index (χ2v) is 5.14. The zero-order chi connectivity index (χ0) is 13.8. The van der Waals surface area contributed by atoms with Gasteiger partial charge in [0.2, 0.25) is 5.75 Å². The van der Waals surface area contributed by atoms with Crippen LogP contribution in [0.3, 0.4) is 0 Å². The van der Waals surface area contributed by atoms with Crippen molar-refractivity contribution in [1.82, 2.24) is 0 Å². The van der Waals surface area contributed by atoms with Gasteiger partial charge in [0.05, 0.1) is 34.2 Å². The molecule has 0 atom stereocenters. The highest BCUT2D eigenvalue weighted by molar-refractivity contribution is 7.85. The first kappa shape index (κ1) is 14.6. The number of hydrogen-bond donors (Lipinski definition) is 0. The third kappa shape index (κ3) is 3.78. The molecule has 102 valence electrons. The minimum atomic E-state index is -3.49. The molecule has 0 aliphatic heterocycles. The number of hydrogen-bond acceptors (Lipinski definition) is 6.